The second-order valence-electron chi connectivity index (χ2n) is 4.86. The van der Waals surface area contributed by atoms with Crippen LogP contribution in [-0.4, -0.2) is 11.8 Å². The van der Waals surface area contributed by atoms with Crippen molar-refractivity contribution < 1.29 is 0 Å². The molecule has 0 unspecified atom stereocenters. The summed E-state index contributed by atoms with van der Waals surface area (Å²) in [6, 6.07) is 9.66. The van der Waals surface area contributed by atoms with Crippen LogP contribution < -0.4 is 5.32 Å². The number of nitrogens with one attached hydrogen (secondary N) is 1. The van der Waals surface area contributed by atoms with Gasteiger partial charge in [-0.1, -0.05) is 17.7 Å². The Kier molecular flexibility index (Phi) is 4.69. The maximum atomic E-state index is 3.94. The van der Waals surface area contributed by atoms with Crippen LogP contribution in [0.5, 0.6) is 0 Å². The van der Waals surface area contributed by atoms with Crippen molar-refractivity contribution in [3.8, 4) is 0 Å². The van der Waals surface area contributed by atoms with Crippen LogP contribution in [0, 0.1) is 0 Å². The zero-order valence-corrected chi connectivity index (χ0v) is 11.4. The summed E-state index contributed by atoms with van der Waals surface area (Å²) >= 11 is 1.92. The first-order valence-electron chi connectivity index (χ1n) is 6.33. The summed E-state index contributed by atoms with van der Waals surface area (Å²) in [5.41, 5.74) is 2.67. The van der Waals surface area contributed by atoms with E-state index in [1.54, 1.807) is 0 Å². The molecule has 0 aliphatic heterocycles. The largest absolute Gasteiger partial charge is 0.310 e. The van der Waals surface area contributed by atoms with Crippen LogP contribution in [0.25, 0.3) is 0 Å². The van der Waals surface area contributed by atoms with Crippen LogP contribution in [0.3, 0.4) is 0 Å². The van der Waals surface area contributed by atoms with Crippen LogP contribution in [0.15, 0.2) is 41.3 Å². The first-order valence-corrected chi connectivity index (χ1v) is 7.32. The maximum absolute atomic E-state index is 3.94. The molecule has 0 saturated heterocycles. The summed E-state index contributed by atoms with van der Waals surface area (Å²) in [6.45, 7) is 7.04. The molecule has 0 heterocycles. The fourth-order valence-corrected chi connectivity index (χ4v) is 2.73. The van der Waals surface area contributed by atoms with E-state index >= 15 is 0 Å². The standard InChI is InChI=1S/C15H21NS/c1-12(2)8-9-17-15-5-3-4-13(10-15)11-16-14-6-7-14/h3-5,10,14,16H,1,6-9,11H2,2H3. The molecule has 1 N–H and O–H groups in total. The third-order valence-corrected chi connectivity index (χ3v) is 3.86. The zero-order valence-electron chi connectivity index (χ0n) is 10.5. The summed E-state index contributed by atoms with van der Waals surface area (Å²) in [5.74, 6) is 1.13. The highest BCUT2D eigenvalue weighted by molar-refractivity contribution is 7.99. The first-order chi connectivity index (χ1) is 8.24. The summed E-state index contributed by atoms with van der Waals surface area (Å²) in [7, 11) is 0. The molecule has 1 aromatic carbocycles. The lowest BCUT2D eigenvalue weighted by Gasteiger charge is -2.06. The second-order valence-corrected chi connectivity index (χ2v) is 6.03. The molecule has 2 rings (SSSR count). The minimum Gasteiger partial charge on any atom is -0.310 e. The minimum absolute atomic E-state index is 0.787. The van der Waals surface area contributed by atoms with Gasteiger partial charge in [-0.25, -0.2) is 0 Å². The van der Waals surface area contributed by atoms with Gasteiger partial charge in [0.2, 0.25) is 0 Å². The van der Waals surface area contributed by atoms with Gasteiger partial charge < -0.3 is 5.32 Å². The Bertz CT molecular complexity index is 382. The van der Waals surface area contributed by atoms with Crippen LogP contribution in [-0.2, 0) is 6.54 Å². The lowest BCUT2D eigenvalue weighted by atomic mass is 10.2. The molecule has 1 nitrogen and oxygen atoms in total. The lowest BCUT2D eigenvalue weighted by Crippen LogP contribution is -2.15. The molecule has 0 atom stereocenters. The quantitative estimate of drug-likeness (QED) is 0.577. The molecule has 0 spiro atoms. The van der Waals surface area contributed by atoms with Gasteiger partial charge in [0.05, 0.1) is 0 Å². The smallest absolute Gasteiger partial charge is 0.0208 e. The first kappa shape index (κ1) is 12.7. The van der Waals surface area contributed by atoms with E-state index in [1.807, 2.05) is 11.8 Å². The van der Waals surface area contributed by atoms with Gasteiger partial charge in [-0.15, -0.1) is 18.3 Å². The monoisotopic (exact) mass is 247 g/mol. The lowest BCUT2D eigenvalue weighted by molar-refractivity contribution is 0.687. The van der Waals surface area contributed by atoms with E-state index in [2.05, 4.69) is 43.1 Å². The Morgan fingerprint density at radius 2 is 2.29 bits per heavy atom. The summed E-state index contributed by atoms with van der Waals surface area (Å²) in [4.78, 5) is 1.38. The normalized spacial score (nSPS) is 14.9. The van der Waals surface area contributed by atoms with Crippen molar-refractivity contribution in [3.05, 3.63) is 42.0 Å². The fraction of sp³-hybridized carbons (Fsp3) is 0.467. The van der Waals surface area contributed by atoms with Crippen molar-refractivity contribution in [1.29, 1.82) is 0 Å². The van der Waals surface area contributed by atoms with E-state index in [0.29, 0.717) is 0 Å². The van der Waals surface area contributed by atoms with Crippen LogP contribution >= 0.6 is 11.8 Å². The zero-order chi connectivity index (χ0) is 12.1. The molecule has 0 bridgehead atoms. The van der Waals surface area contributed by atoms with Gasteiger partial charge in [-0.05, 0) is 43.9 Å². The van der Waals surface area contributed by atoms with E-state index in [9.17, 15) is 0 Å². The Balaban J connectivity index is 1.79. The van der Waals surface area contributed by atoms with E-state index in [0.717, 1.165) is 24.8 Å². The summed E-state index contributed by atoms with van der Waals surface area (Å²) < 4.78 is 0. The van der Waals surface area contributed by atoms with Crippen molar-refractivity contribution in [2.24, 2.45) is 0 Å². The van der Waals surface area contributed by atoms with Gasteiger partial charge in [-0.3, -0.25) is 0 Å². The molecular weight excluding hydrogens is 226 g/mol. The van der Waals surface area contributed by atoms with E-state index in [4.69, 9.17) is 0 Å². The number of hydrogen-bond acceptors (Lipinski definition) is 2. The molecule has 2 heteroatoms. The van der Waals surface area contributed by atoms with Crippen molar-refractivity contribution >= 4 is 11.8 Å². The molecule has 92 valence electrons. The average molecular weight is 247 g/mol. The molecule has 1 aliphatic carbocycles. The van der Waals surface area contributed by atoms with Crippen molar-refractivity contribution in [3.63, 3.8) is 0 Å². The van der Waals surface area contributed by atoms with Gasteiger partial charge in [0.15, 0.2) is 0 Å². The number of rotatable bonds is 7. The van der Waals surface area contributed by atoms with E-state index < -0.39 is 0 Å². The highest BCUT2D eigenvalue weighted by Gasteiger charge is 2.19. The molecule has 0 aromatic heterocycles. The number of benzene rings is 1. The predicted octanol–water partition coefficient (Wildman–Crippen LogP) is 4.00. The van der Waals surface area contributed by atoms with Gasteiger partial charge in [-0.2, -0.15) is 0 Å². The average Bonchev–Trinajstić information content (AvgIpc) is 3.10. The number of hydrogen-bond donors (Lipinski definition) is 1. The molecule has 0 radical (unpaired) electrons. The maximum Gasteiger partial charge on any atom is 0.0208 e. The Morgan fingerprint density at radius 3 is 3.00 bits per heavy atom. The van der Waals surface area contributed by atoms with Crippen LogP contribution in [0.2, 0.25) is 0 Å². The van der Waals surface area contributed by atoms with Crippen LogP contribution in [0.1, 0.15) is 31.7 Å². The van der Waals surface area contributed by atoms with Gasteiger partial charge in [0, 0.05) is 23.2 Å². The van der Waals surface area contributed by atoms with Crippen molar-refractivity contribution in [2.45, 2.75) is 43.7 Å². The molecule has 1 aromatic rings. The summed E-state index contributed by atoms with van der Waals surface area (Å²) in [6.07, 6.45) is 3.81. The van der Waals surface area contributed by atoms with Gasteiger partial charge >= 0.3 is 0 Å². The van der Waals surface area contributed by atoms with E-state index in [1.165, 1.54) is 28.9 Å². The highest BCUT2D eigenvalue weighted by Crippen LogP contribution is 2.22. The Labute approximate surface area is 109 Å². The van der Waals surface area contributed by atoms with Crippen LogP contribution in [0.4, 0.5) is 0 Å². The molecule has 1 saturated carbocycles. The van der Waals surface area contributed by atoms with Crippen molar-refractivity contribution in [1.82, 2.24) is 5.32 Å². The fourth-order valence-electron chi connectivity index (χ4n) is 1.64. The molecular formula is C15H21NS. The Morgan fingerprint density at radius 1 is 1.47 bits per heavy atom. The molecule has 0 amide bonds. The highest BCUT2D eigenvalue weighted by atomic mass is 32.2. The molecule has 1 aliphatic rings. The predicted molar refractivity (Wildman–Crippen MR) is 76.5 cm³/mol. The molecule has 17 heavy (non-hydrogen) atoms. The summed E-state index contributed by atoms with van der Waals surface area (Å²) in [5, 5.41) is 3.55. The van der Waals surface area contributed by atoms with Gasteiger partial charge in [0.25, 0.3) is 0 Å². The third-order valence-electron chi connectivity index (χ3n) is 2.87. The molecule has 1 fully saturated rings. The van der Waals surface area contributed by atoms with Gasteiger partial charge in [0.1, 0.15) is 0 Å². The number of thioether (sulfide) groups is 1. The Hall–Kier alpha value is -0.730. The second kappa shape index (κ2) is 6.27. The number of allylic oxidation sites excluding steroid dienone is 1. The van der Waals surface area contributed by atoms with E-state index in [-0.39, 0.29) is 0 Å². The minimum atomic E-state index is 0.787. The SMILES string of the molecule is C=C(C)CCSc1cccc(CNC2CC2)c1. The third kappa shape index (κ3) is 4.97. The van der Waals surface area contributed by atoms with Crippen molar-refractivity contribution in [2.75, 3.05) is 5.75 Å². The topological polar surface area (TPSA) is 12.0 Å².